The minimum atomic E-state index is -0.166. The fraction of sp³-hybridized carbons (Fsp3) is 0.688. The van der Waals surface area contributed by atoms with E-state index in [0.29, 0.717) is 0 Å². The minimum Gasteiger partial charge on any atom is -0.463 e. The van der Waals surface area contributed by atoms with Gasteiger partial charge >= 0.3 is 5.97 Å². The average molecular weight is 252 g/mol. The molecular formula is C16H28O2. The van der Waals surface area contributed by atoms with Gasteiger partial charge in [0.15, 0.2) is 0 Å². The first kappa shape index (κ1) is 16.9. The molecule has 18 heavy (non-hydrogen) atoms. The summed E-state index contributed by atoms with van der Waals surface area (Å²) >= 11 is 0. The highest BCUT2D eigenvalue weighted by Gasteiger charge is 2.10. The lowest BCUT2D eigenvalue weighted by molar-refractivity contribution is -0.146. The molecule has 0 aliphatic heterocycles. The van der Waals surface area contributed by atoms with Gasteiger partial charge in [0.25, 0.3) is 0 Å². The normalized spacial score (nSPS) is 12.6. The molecule has 2 nitrogen and oxygen atoms in total. The summed E-state index contributed by atoms with van der Waals surface area (Å²) in [6, 6.07) is 0. The number of rotatable bonds is 11. The van der Waals surface area contributed by atoms with Gasteiger partial charge in [0, 0.05) is 6.92 Å². The van der Waals surface area contributed by atoms with Gasteiger partial charge in [-0.1, -0.05) is 57.4 Å². The second kappa shape index (κ2) is 12.4. The van der Waals surface area contributed by atoms with E-state index in [2.05, 4.69) is 19.6 Å². The number of ether oxygens (including phenoxy) is 1. The lowest BCUT2D eigenvalue weighted by atomic mass is 10.0. The molecule has 0 heterocycles. The Morgan fingerprint density at radius 2 is 1.94 bits per heavy atom. The SMILES string of the molecule is C=C/C=C/CCC(CCCCCCC)OC(C)=O. The van der Waals surface area contributed by atoms with Crippen LogP contribution in [0.25, 0.3) is 0 Å². The van der Waals surface area contributed by atoms with E-state index in [-0.39, 0.29) is 12.1 Å². The molecule has 0 bridgehead atoms. The van der Waals surface area contributed by atoms with Crippen molar-refractivity contribution < 1.29 is 9.53 Å². The second-order valence-corrected chi connectivity index (χ2v) is 4.68. The van der Waals surface area contributed by atoms with Crippen molar-refractivity contribution in [2.45, 2.75) is 71.3 Å². The molecule has 1 unspecified atom stereocenters. The quantitative estimate of drug-likeness (QED) is 0.300. The van der Waals surface area contributed by atoms with Gasteiger partial charge in [-0.05, 0) is 25.7 Å². The van der Waals surface area contributed by atoms with Gasteiger partial charge in [0.1, 0.15) is 6.10 Å². The lowest BCUT2D eigenvalue weighted by Gasteiger charge is -2.16. The van der Waals surface area contributed by atoms with Crippen molar-refractivity contribution in [3.8, 4) is 0 Å². The summed E-state index contributed by atoms with van der Waals surface area (Å²) in [5.41, 5.74) is 0. The average Bonchev–Trinajstić information content (AvgIpc) is 2.33. The van der Waals surface area contributed by atoms with E-state index in [1.165, 1.54) is 32.6 Å². The van der Waals surface area contributed by atoms with Crippen molar-refractivity contribution in [2.75, 3.05) is 0 Å². The molecule has 0 spiro atoms. The molecule has 2 heteroatoms. The molecule has 0 radical (unpaired) electrons. The van der Waals surface area contributed by atoms with Crippen LogP contribution in [0.2, 0.25) is 0 Å². The summed E-state index contributed by atoms with van der Waals surface area (Å²) in [5, 5.41) is 0. The molecular weight excluding hydrogens is 224 g/mol. The third-order valence-corrected chi connectivity index (χ3v) is 2.89. The first-order valence-corrected chi connectivity index (χ1v) is 7.15. The molecule has 0 rings (SSSR count). The minimum absolute atomic E-state index is 0.0820. The maximum absolute atomic E-state index is 11.0. The van der Waals surface area contributed by atoms with Crippen LogP contribution in [0, 0.1) is 0 Å². The van der Waals surface area contributed by atoms with Gasteiger partial charge < -0.3 is 4.74 Å². The molecule has 0 aromatic rings. The van der Waals surface area contributed by atoms with E-state index < -0.39 is 0 Å². The number of carbonyl (C=O) groups excluding carboxylic acids is 1. The zero-order valence-corrected chi connectivity index (χ0v) is 12.0. The van der Waals surface area contributed by atoms with Crippen LogP contribution in [0.3, 0.4) is 0 Å². The summed E-state index contributed by atoms with van der Waals surface area (Å²) in [6.07, 6.45) is 15.0. The molecule has 0 N–H and O–H groups in total. The summed E-state index contributed by atoms with van der Waals surface area (Å²) < 4.78 is 5.34. The predicted molar refractivity (Wildman–Crippen MR) is 77.5 cm³/mol. The molecule has 0 aliphatic carbocycles. The molecule has 1 atom stereocenters. The Hall–Kier alpha value is -1.05. The van der Waals surface area contributed by atoms with Crippen LogP contribution in [0.15, 0.2) is 24.8 Å². The number of hydrogen-bond acceptors (Lipinski definition) is 2. The van der Waals surface area contributed by atoms with Gasteiger partial charge in [-0.2, -0.15) is 0 Å². The van der Waals surface area contributed by atoms with Crippen LogP contribution in [0.5, 0.6) is 0 Å². The third-order valence-electron chi connectivity index (χ3n) is 2.89. The highest BCUT2D eigenvalue weighted by Crippen LogP contribution is 2.14. The van der Waals surface area contributed by atoms with Crippen molar-refractivity contribution in [2.24, 2.45) is 0 Å². The van der Waals surface area contributed by atoms with Gasteiger partial charge in [0.2, 0.25) is 0 Å². The monoisotopic (exact) mass is 252 g/mol. The molecule has 0 fully saturated rings. The number of esters is 1. The Bertz CT molecular complexity index is 243. The molecule has 0 aromatic heterocycles. The number of unbranched alkanes of at least 4 members (excludes halogenated alkanes) is 4. The highest BCUT2D eigenvalue weighted by atomic mass is 16.5. The molecule has 0 aromatic carbocycles. The van der Waals surface area contributed by atoms with E-state index in [1.807, 2.05) is 6.08 Å². The van der Waals surface area contributed by atoms with E-state index >= 15 is 0 Å². The maximum Gasteiger partial charge on any atom is 0.302 e. The topological polar surface area (TPSA) is 26.3 Å². The van der Waals surface area contributed by atoms with Gasteiger partial charge in [0.05, 0.1) is 0 Å². The van der Waals surface area contributed by atoms with Gasteiger partial charge in [-0.3, -0.25) is 4.79 Å². The van der Waals surface area contributed by atoms with Crippen LogP contribution in [-0.2, 0) is 9.53 Å². The summed E-state index contributed by atoms with van der Waals surface area (Å²) in [6.45, 7) is 7.34. The Morgan fingerprint density at radius 3 is 2.56 bits per heavy atom. The molecule has 0 amide bonds. The lowest BCUT2D eigenvalue weighted by Crippen LogP contribution is -2.16. The first-order valence-electron chi connectivity index (χ1n) is 7.15. The molecule has 0 saturated heterocycles. The van der Waals surface area contributed by atoms with Crippen molar-refractivity contribution in [3.05, 3.63) is 24.8 Å². The van der Waals surface area contributed by atoms with Crippen molar-refractivity contribution in [3.63, 3.8) is 0 Å². The van der Waals surface area contributed by atoms with Crippen molar-refractivity contribution in [1.82, 2.24) is 0 Å². The summed E-state index contributed by atoms with van der Waals surface area (Å²) in [7, 11) is 0. The largest absolute Gasteiger partial charge is 0.463 e. The first-order chi connectivity index (χ1) is 8.70. The Labute approximate surface area is 112 Å². The van der Waals surface area contributed by atoms with E-state index in [1.54, 1.807) is 6.08 Å². The summed E-state index contributed by atoms with van der Waals surface area (Å²) in [5.74, 6) is -0.166. The smallest absolute Gasteiger partial charge is 0.302 e. The van der Waals surface area contributed by atoms with Crippen molar-refractivity contribution in [1.29, 1.82) is 0 Å². The zero-order chi connectivity index (χ0) is 13.6. The maximum atomic E-state index is 11.0. The number of carbonyl (C=O) groups is 1. The fourth-order valence-corrected chi connectivity index (χ4v) is 1.95. The molecule has 0 saturated carbocycles. The van der Waals surface area contributed by atoms with Gasteiger partial charge in [-0.25, -0.2) is 0 Å². The molecule has 0 aliphatic rings. The standard InChI is InChI=1S/C16H28O2/c1-4-6-8-10-12-14-16(18-15(3)17)13-11-9-7-5-2/h5,7,9,16H,2,4,6,8,10-14H2,1,3H3/b9-7+. The van der Waals surface area contributed by atoms with E-state index in [4.69, 9.17) is 4.74 Å². The third kappa shape index (κ3) is 11.4. The number of hydrogen-bond donors (Lipinski definition) is 0. The molecule has 104 valence electrons. The number of allylic oxidation sites excluding steroid dienone is 3. The second-order valence-electron chi connectivity index (χ2n) is 4.68. The van der Waals surface area contributed by atoms with Crippen LogP contribution < -0.4 is 0 Å². The summed E-state index contributed by atoms with van der Waals surface area (Å²) in [4.78, 5) is 11.0. The van der Waals surface area contributed by atoms with Crippen LogP contribution in [0.1, 0.15) is 65.2 Å². The Morgan fingerprint density at radius 1 is 1.22 bits per heavy atom. The van der Waals surface area contributed by atoms with Gasteiger partial charge in [-0.15, -0.1) is 0 Å². The Balaban J connectivity index is 3.80. The fourth-order valence-electron chi connectivity index (χ4n) is 1.95. The van der Waals surface area contributed by atoms with E-state index in [9.17, 15) is 4.79 Å². The highest BCUT2D eigenvalue weighted by molar-refractivity contribution is 5.66. The van der Waals surface area contributed by atoms with Crippen LogP contribution >= 0.6 is 0 Å². The van der Waals surface area contributed by atoms with Crippen molar-refractivity contribution >= 4 is 5.97 Å². The van der Waals surface area contributed by atoms with Crippen LogP contribution in [0.4, 0.5) is 0 Å². The van der Waals surface area contributed by atoms with E-state index in [0.717, 1.165) is 25.7 Å². The Kier molecular flexibility index (Phi) is 11.7. The zero-order valence-electron chi connectivity index (χ0n) is 12.0. The predicted octanol–water partition coefficient (Wildman–Crippen LogP) is 4.80. The van der Waals surface area contributed by atoms with Crippen LogP contribution in [-0.4, -0.2) is 12.1 Å².